The quantitative estimate of drug-likeness (QED) is 0.316. The Hall–Kier alpha value is -3.43. The second-order valence-electron chi connectivity index (χ2n) is 11.7. The van der Waals surface area contributed by atoms with Gasteiger partial charge in [0, 0.05) is 53.3 Å². The Morgan fingerprint density at radius 1 is 1.20 bits per heavy atom. The second kappa shape index (κ2) is 10.9. The molecule has 2 aromatic heterocycles. The van der Waals surface area contributed by atoms with Crippen LogP contribution in [0.25, 0.3) is 10.4 Å². The van der Waals surface area contributed by atoms with Crippen molar-refractivity contribution < 1.29 is 19.4 Å². The first-order chi connectivity index (χ1) is 19.3. The summed E-state index contributed by atoms with van der Waals surface area (Å²) in [5, 5.41) is 13.8. The molecule has 2 aliphatic heterocycles. The van der Waals surface area contributed by atoms with E-state index in [1.807, 2.05) is 0 Å². The first kappa shape index (κ1) is 26.8. The third-order valence-electron chi connectivity index (χ3n) is 8.06. The molecule has 3 aromatic rings. The zero-order valence-corrected chi connectivity index (χ0v) is 24.1. The van der Waals surface area contributed by atoms with Gasteiger partial charge in [0.05, 0.1) is 19.2 Å². The van der Waals surface area contributed by atoms with Gasteiger partial charge in [-0.2, -0.15) is 0 Å². The summed E-state index contributed by atoms with van der Waals surface area (Å²) in [4.78, 5) is 37.4. The molecular formula is C31H36N4O4S. The number of phenols is 1. The monoisotopic (exact) mass is 560 g/mol. The average molecular weight is 561 g/mol. The molecule has 0 radical (unpaired) electrons. The molecule has 9 heteroatoms. The van der Waals surface area contributed by atoms with Crippen molar-refractivity contribution in [3.63, 3.8) is 0 Å². The topological polar surface area (TPSA) is 95.0 Å². The normalized spacial score (nSPS) is 17.0. The molecule has 4 heterocycles. The Kier molecular flexibility index (Phi) is 7.27. The third kappa shape index (κ3) is 5.45. The number of benzene rings is 1. The number of anilines is 1. The summed E-state index contributed by atoms with van der Waals surface area (Å²) in [5.41, 5.74) is 3.52. The number of ether oxygens (including phenoxy) is 1. The summed E-state index contributed by atoms with van der Waals surface area (Å²) in [6.07, 6.45) is 6.10. The van der Waals surface area contributed by atoms with E-state index in [9.17, 15) is 14.7 Å². The molecule has 40 heavy (non-hydrogen) atoms. The van der Waals surface area contributed by atoms with Crippen molar-refractivity contribution in [3.8, 4) is 21.9 Å². The Morgan fingerprint density at radius 2 is 2.02 bits per heavy atom. The fourth-order valence-electron chi connectivity index (χ4n) is 5.51. The van der Waals surface area contributed by atoms with Crippen LogP contribution in [-0.2, 0) is 19.5 Å². The van der Waals surface area contributed by atoms with Gasteiger partial charge in [-0.1, -0.05) is 13.8 Å². The Labute approximate surface area is 239 Å². The Bertz CT molecular complexity index is 1460. The smallest absolute Gasteiger partial charge is 0.323 e. The molecule has 2 amide bonds. The number of urea groups is 1. The van der Waals surface area contributed by atoms with E-state index in [4.69, 9.17) is 4.74 Å². The van der Waals surface area contributed by atoms with Crippen LogP contribution in [0.15, 0.2) is 30.5 Å². The number of hydrogen-bond acceptors (Lipinski definition) is 7. The summed E-state index contributed by atoms with van der Waals surface area (Å²) in [7, 11) is 1.50. The van der Waals surface area contributed by atoms with Crippen molar-refractivity contribution in [2.24, 2.45) is 11.8 Å². The van der Waals surface area contributed by atoms with Crippen molar-refractivity contribution >= 4 is 29.0 Å². The van der Waals surface area contributed by atoms with Gasteiger partial charge in [-0.3, -0.25) is 15.0 Å². The maximum absolute atomic E-state index is 13.8. The van der Waals surface area contributed by atoms with Crippen LogP contribution in [0, 0.1) is 11.8 Å². The highest BCUT2D eigenvalue weighted by Crippen LogP contribution is 2.41. The van der Waals surface area contributed by atoms with E-state index in [2.05, 4.69) is 35.1 Å². The van der Waals surface area contributed by atoms with Crippen LogP contribution in [0.2, 0.25) is 0 Å². The van der Waals surface area contributed by atoms with Crippen LogP contribution < -0.4 is 10.1 Å². The van der Waals surface area contributed by atoms with Crippen LogP contribution in [0.1, 0.15) is 65.0 Å². The van der Waals surface area contributed by atoms with E-state index >= 15 is 0 Å². The zero-order chi connectivity index (χ0) is 28.0. The zero-order valence-electron chi connectivity index (χ0n) is 23.3. The van der Waals surface area contributed by atoms with Gasteiger partial charge in [-0.25, -0.2) is 9.78 Å². The Balaban J connectivity index is 1.28. The SMILES string of the molecule is COc1cc(-c2cc3c(s2)CCN(CC2CC2)C3)cc(C(=O)c2cnc3c(c2)CN(CCC(C)C)C(=O)N3)c1O. The first-order valence-electron chi connectivity index (χ1n) is 14.1. The van der Waals surface area contributed by atoms with Gasteiger partial charge in [0.2, 0.25) is 0 Å². The minimum atomic E-state index is -0.337. The molecule has 2 N–H and O–H groups in total. The number of hydrogen-bond donors (Lipinski definition) is 2. The van der Waals surface area contributed by atoms with Crippen LogP contribution in [-0.4, -0.2) is 58.4 Å². The van der Waals surface area contributed by atoms with Crippen molar-refractivity contribution in [3.05, 3.63) is 57.6 Å². The van der Waals surface area contributed by atoms with Gasteiger partial charge in [0.25, 0.3) is 0 Å². The van der Waals surface area contributed by atoms with Gasteiger partial charge in [0.1, 0.15) is 5.82 Å². The van der Waals surface area contributed by atoms with Gasteiger partial charge in [-0.15, -0.1) is 11.3 Å². The largest absolute Gasteiger partial charge is 0.504 e. The van der Waals surface area contributed by atoms with E-state index in [-0.39, 0.29) is 28.9 Å². The van der Waals surface area contributed by atoms with Crippen LogP contribution in [0.4, 0.5) is 10.6 Å². The molecule has 3 aliphatic rings. The molecule has 0 bridgehead atoms. The first-order valence-corrected chi connectivity index (χ1v) is 15.0. The van der Waals surface area contributed by atoms with Crippen molar-refractivity contribution in [1.82, 2.24) is 14.8 Å². The van der Waals surface area contributed by atoms with Gasteiger partial charge in [0.15, 0.2) is 17.3 Å². The van der Waals surface area contributed by atoms with Crippen LogP contribution in [0.5, 0.6) is 11.5 Å². The number of amides is 2. The summed E-state index contributed by atoms with van der Waals surface area (Å²) in [6, 6.07) is 7.38. The maximum atomic E-state index is 13.8. The number of methoxy groups -OCH3 is 1. The van der Waals surface area contributed by atoms with Crippen LogP contribution >= 0.6 is 11.3 Å². The number of thiophene rings is 1. The Morgan fingerprint density at radius 3 is 2.77 bits per heavy atom. The number of fused-ring (bicyclic) bond motifs is 2. The highest BCUT2D eigenvalue weighted by Gasteiger charge is 2.29. The van der Waals surface area contributed by atoms with E-state index in [1.165, 1.54) is 43.1 Å². The molecule has 1 fully saturated rings. The number of carbonyl (C=O) groups excluding carboxylic acids is 2. The predicted molar refractivity (Wildman–Crippen MR) is 156 cm³/mol. The van der Waals surface area contributed by atoms with Crippen molar-refractivity contribution in [1.29, 1.82) is 0 Å². The van der Waals surface area contributed by atoms with Gasteiger partial charge in [-0.05, 0) is 72.9 Å². The second-order valence-corrected chi connectivity index (χ2v) is 12.8. The molecule has 6 rings (SSSR count). The number of carbonyl (C=O) groups is 2. The summed E-state index contributed by atoms with van der Waals surface area (Å²) in [6.45, 7) is 8.50. The molecule has 0 atom stereocenters. The van der Waals surface area contributed by atoms with E-state index in [0.717, 1.165) is 47.9 Å². The lowest BCUT2D eigenvalue weighted by Crippen LogP contribution is -2.40. The number of phenolic OH excluding ortho intramolecular Hbond substituents is 1. The minimum absolute atomic E-state index is 0.175. The number of aromatic hydroxyl groups is 1. The molecule has 8 nitrogen and oxygen atoms in total. The number of pyridine rings is 1. The predicted octanol–water partition coefficient (Wildman–Crippen LogP) is 5.92. The minimum Gasteiger partial charge on any atom is -0.504 e. The number of rotatable bonds is 9. The molecular weight excluding hydrogens is 524 g/mol. The number of ketones is 1. The molecule has 0 saturated heterocycles. The average Bonchev–Trinajstić information content (AvgIpc) is 3.66. The standard InChI is InChI=1S/C31H36N4O4S/c1-18(2)6-9-35-17-23-10-21(14-32-30(23)33-31(35)38)28(36)24-11-20(12-25(39-3)29(24)37)27-13-22-16-34(15-19-4-5-19)8-7-26(22)40-27/h10-14,18-19,37H,4-9,15-17H2,1-3H3,(H,32,33,38). The summed E-state index contributed by atoms with van der Waals surface area (Å²) in [5.74, 6) is 1.56. The van der Waals surface area contributed by atoms with Crippen LogP contribution in [0.3, 0.4) is 0 Å². The van der Waals surface area contributed by atoms with E-state index < -0.39 is 0 Å². The van der Waals surface area contributed by atoms with Crippen molar-refractivity contribution in [2.75, 3.05) is 32.1 Å². The van der Waals surface area contributed by atoms with Gasteiger partial charge < -0.3 is 14.7 Å². The summed E-state index contributed by atoms with van der Waals surface area (Å²) >= 11 is 1.76. The lowest BCUT2D eigenvalue weighted by Gasteiger charge is -2.29. The molecule has 1 aliphatic carbocycles. The summed E-state index contributed by atoms with van der Waals surface area (Å²) < 4.78 is 5.49. The highest BCUT2D eigenvalue weighted by molar-refractivity contribution is 7.15. The molecule has 1 saturated carbocycles. The molecule has 0 spiro atoms. The highest BCUT2D eigenvalue weighted by atomic mass is 32.1. The van der Waals surface area contributed by atoms with Crippen molar-refractivity contribution in [2.45, 2.75) is 52.6 Å². The number of nitrogens with one attached hydrogen (secondary N) is 1. The number of nitrogens with zero attached hydrogens (tertiary/aromatic N) is 3. The van der Waals surface area contributed by atoms with E-state index in [1.54, 1.807) is 34.4 Å². The molecule has 210 valence electrons. The third-order valence-corrected chi connectivity index (χ3v) is 9.35. The maximum Gasteiger partial charge on any atom is 0.323 e. The van der Waals surface area contributed by atoms with Gasteiger partial charge >= 0.3 is 6.03 Å². The lowest BCUT2D eigenvalue weighted by molar-refractivity contribution is 0.103. The molecule has 1 aromatic carbocycles. The molecule has 0 unspecified atom stereocenters. The fraction of sp³-hybridized carbons (Fsp3) is 0.452. The van der Waals surface area contributed by atoms with E-state index in [0.29, 0.717) is 30.4 Å². The lowest BCUT2D eigenvalue weighted by atomic mass is 9.98. The number of aromatic nitrogens is 1. The fourth-order valence-corrected chi connectivity index (χ4v) is 6.66.